The van der Waals surface area contributed by atoms with E-state index in [1.165, 1.54) is 6.20 Å². The smallest absolute Gasteiger partial charge is 0.274 e. The van der Waals surface area contributed by atoms with Crippen molar-refractivity contribution in [2.45, 2.75) is 13.0 Å². The number of rotatable bonds is 3. The molecule has 8 heteroatoms. The van der Waals surface area contributed by atoms with Gasteiger partial charge in [0.25, 0.3) is 5.91 Å². The molecule has 0 unspecified atom stereocenters. The first-order chi connectivity index (χ1) is 12.7. The largest absolute Gasteiger partial charge is 0.368 e. The second-order valence-corrected chi connectivity index (χ2v) is 6.11. The lowest BCUT2D eigenvalue weighted by molar-refractivity contribution is -0.0249. The maximum absolute atomic E-state index is 12.6. The SMILES string of the molecule is Cc1cnc(C(=O)N2CCO[C@H](c3ccc(-c4cn[nH]c4)cn3)C2)cn1. The standard InChI is InChI=1S/C18H18N6O2/c1-12-6-20-16(10-19-12)18(25)24-4-5-26-17(11-24)15-3-2-13(7-21-15)14-8-22-23-9-14/h2-3,6-10,17H,4-5,11H2,1H3,(H,22,23)/t17-/m0/s1. The van der Waals surface area contributed by atoms with Crippen LogP contribution in [-0.2, 0) is 4.74 Å². The molecule has 0 bridgehead atoms. The van der Waals surface area contributed by atoms with Crippen molar-refractivity contribution in [2.24, 2.45) is 0 Å². The lowest BCUT2D eigenvalue weighted by atomic mass is 10.1. The second-order valence-electron chi connectivity index (χ2n) is 6.11. The van der Waals surface area contributed by atoms with Crippen LogP contribution >= 0.6 is 0 Å². The summed E-state index contributed by atoms with van der Waals surface area (Å²) in [7, 11) is 0. The van der Waals surface area contributed by atoms with E-state index < -0.39 is 0 Å². The normalized spacial score (nSPS) is 17.3. The number of ether oxygens (including phenoxy) is 1. The van der Waals surface area contributed by atoms with Crippen molar-refractivity contribution in [3.63, 3.8) is 0 Å². The highest BCUT2D eigenvalue weighted by Crippen LogP contribution is 2.24. The topological polar surface area (TPSA) is 96.9 Å². The van der Waals surface area contributed by atoms with Crippen LogP contribution in [0.2, 0.25) is 0 Å². The molecular formula is C18H18N6O2. The van der Waals surface area contributed by atoms with Crippen molar-refractivity contribution in [1.82, 2.24) is 30.0 Å². The number of hydrogen-bond acceptors (Lipinski definition) is 6. The predicted molar refractivity (Wildman–Crippen MR) is 93.2 cm³/mol. The fourth-order valence-electron chi connectivity index (χ4n) is 2.85. The molecule has 0 aromatic carbocycles. The number of hydrogen-bond donors (Lipinski definition) is 1. The van der Waals surface area contributed by atoms with Crippen molar-refractivity contribution in [3.8, 4) is 11.1 Å². The van der Waals surface area contributed by atoms with E-state index in [1.807, 2.05) is 25.3 Å². The van der Waals surface area contributed by atoms with Crippen LogP contribution in [0.15, 0.2) is 43.1 Å². The Morgan fingerprint density at radius 3 is 2.77 bits per heavy atom. The Hall–Kier alpha value is -3.13. The summed E-state index contributed by atoms with van der Waals surface area (Å²) in [4.78, 5) is 27.2. The Morgan fingerprint density at radius 2 is 2.08 bits per heavy atom. The minimum absolute atomic E-state index is 0.138. The van der Waals surface area contributed by atoms with Gasteiger partial charge in [0.05, 0.1) is 36.9 Å². The lowest BCUT2D eigenvalue weighted by Gasteiger charge is -2.32. The number of nitrogens with zero attached hydrogens (tertiary/aromatic N) is 5. The molecule has 0 aliphatic carbocycles. The average Bonchev–Trinajstić information content (AvgIpc) is 3.23. The molecule has 3 aromatic rings. The quantitative estimate of drug-likeness (QED) is 0.773. The van der Waals surface area contributed by atoms with Crippen LogP contribution in [0, 0.1) is 6.92 Å². The summed E-state index contributed by atoms with van der Waals surface area (Å²) in [6.45, 7) is 3.26. The third-order valence-electron chi connectivity index (χ3n) is 4.30. The molecule has 1 amide bonds. The molecule has 0 spiro atoms. The molecule has 132 valence electrons. The maximum atomic E-state index is 12.6. The summed E-state index contributed by atoms with van der Waals surface area (Å²) in [5, 5.41) is 6.73. The van der Waals surface area contributed by atoms with E-state index in [-0.39, 0.29) is 12.0 Å². The van der Waals surface area contributed by atoms with E-state index in [0.717, 1.165) is 22.5 Å². The van der Waals surface area contributed by atoms with Gasteiger partial charge in [0, 0.05) is 36.3 Å². The van der Waals surface area contributed by atoms with Gasteiger partial charge >= 0.3 is 0 Å². The van der Waals surface area contributed by atoms with Crippen molar-refractivity contribution in [1.29, 1.82) is 0 Å². The third kappa shape index (κ3) is 3.31. The molecular weight excluding hydrogens is 332 g/mol. The Balaban J connectivity index is 1.48. The summed E-state index contributed by atoms with van der Waals surface area (Å²) in [6.07, 6.45) is 8.20. The molecule has 0 radical (unpaired) electrons. The lowest BCUT2D eigenvalue weighted by Crippen LogP contribution is -2.42. The van der Waals surface area contributed by atoms with Crippen molar-refractivity contribution < 1.29 is 9.53 Å². The second kappa shape index (κ2) is 7.01. The van der Waals surface area contributed by atoms with Crippen LogP contribution in [-0.4, -0.2) is 55.7 Å². The number of pyridine rings is 1. The maximum Gasteiger partial charge on any atom is 0.274 e. The van der Waals surface area contributed by atoms with Crippen molar-refractivity contribution in [3.05, 3.63) is 60.2 Å². The van der Waals surface area contributed by atoms with Gasteiger partial charge in [0.2, 0.25) is 0 Å². The monoisotopic (exact) mass is 350 g/mol. The first kappa shape index (κ1) is 16.3. The molecule has 1 aliphatic rings. The Labute approximate surface area is 150 Å². The zero-order chi connectivity index (χ0) is 17.9. The molecule has 3 aromatic heterocycles. The highest BCUT2D eigenvalue weighted by Gasteiger charge is 2.27. The van der Waals surface area contributed by atoms with Crippen molar-refractivity contribution in [2.75, 3.05) is 19.7 Å². The van der Waals surface area contributed by atoms with E-state index in [9.17, 15) is 4.79 Å². The average molecular weight is 350 g/mol. The summed E-state index contributed by atoms with van der Waals surface area (Å²) in [5.74, 6) is -0.138. The molecule has 1 aliphatic heterocycles. The van der Waals surface area contributed by atoms with Gasteiger partial charge < -0.3 is 9.64 Å². The van der Waals surface area contributed by atoms with Gasteiger partial charge in [0.15, 0.2) is 0 Å². The summed E-state index contributed by atoms with van der Waals surface area (Å²) in [5.41, 5.74) is 3.87. The molecule has 4 heterocycles. The zero-order valence-electron chi connectivity index (χ0n) is 14.3. The highest BCUT2D eigenvalue weighted by molar-refractivity contribution is 5.92. The molecule has 4 rings (SSSR count). The van der Waals surface area contributed by atoms with Crippen LogP contribution < -0.4 is 0 Å². The number of carbonyl (C=O) groups excluding carboxylic acids is 1. The molecule has 8 nitrogen and oxygen atoms in total. The minimum Gasteiger partial charge on any atom is -0.368 e. The highest BCUT2D eigenvalue weighted by atomic mass is 16.5. The number of nitrogens with one attached hydrogen (secondary N) is 1. The van der Waals surface area contributed by atoms with Crippen LogP contribution in [0.5, 0.6) is 0 Å². The Kier molecular flexibility index (Phi) is 4.40. The fourth-order valence-corrected chi connectivity index (χ4v) is 2.85. The van der Waals surface area contributed by atoms with Gasteiger partial charge in [-0.05, 0) is 13.0 Å². The Bertz CT molecular complexity index is 877. The molecule has 1 N–H and O–H groups in total. The van der Waals surface area contributed by atoms with E-state index in [2.05, 4.69) is 25.1 Å². The fraction of sp³-hybridized carbons (Fsp3) is 0.278. The number of H-pyrrole nitrogens is 1. The van der Waals surface area contributed by atoms with Crippen LogP contribution in [0.3, 0.4) is 0 Å². The number of morpholine rings is 1. The van der Waals surface area contributed by atoms with Gasteiger partial charge in [-0.15, -0.1) is 0 Å². The Morgan fingerprint density at radius 1 is 1.15 bits per heavy atom. The number of aromatic nitrogens is 5. The number of aromatic amines is 1. The van der Waals surface area contributed by atoms with E-state index in [4.69, 9.17) is 4.74 Å². The molecule has 0 saturated carbocycles. The van der Waals surface area contributed by atoms with Crippen LogP contribution in [0.4, 0.5) is 0 Å². The molecule has 1 fully saturated rings. The summed E-state index contributed by atoms with van der Waals surface area (Å²) >= 11 is 0. The van der Waals surface area contributed by atoms with Crippen LogP contribution in [0.25, 0.3) is 11.1 Å². The van der Waals surface area contributed by atoms with Gasteiger partial charge in [0.1, 0.15) is 11.8 Å². The number of carbonyl (C=O) groups is 1. The van der Waals surface area contributed by atoms with Gasteiger partial charge in [-0.25, -0.2) is 4.98 Å². The number of amides is 1. The zero-order valence-corrected chi connectivity index (χ0v) is 14.3. The summed E-state index contributed by atoms with van der Waals surface area (Å²) < 4.78 is 5.82. The van der Waals surface area contributed by atoms with E-state index in [0.29, 0.717) is 25.4 Å². The summed E-state index contributed by atoms with van der Waals surface area (Å²) in [6, 6.07) is 3.90. The van der Waals surface area contributed by atoms with E-state index >= 15 is 0 Å². The minimum atomic E-state index is -0.260. The molecule has 26 heavy (non-hydrogen) atoms. The predicted octanol–water partition coefficient (Wildman–Crippen LogP) is 1.78. The number of aryl methyl sites for hydroxylation is 1. The van der Waals surface area contributed by atoms with Crippen LogP contribution in [0.1, 0.15) is 28.0 Å². The van der Waals surface area contributed by atoms with Gasteiger partial charge in [-0.2, -0.15) is 5.10 Å². The van der Waals surface area contributed by atoms with Gasteiger partial charge in [-0.1, -0.05) is 6.07 Å². The van der Waals surface area contributed by atoms with E-state index in [1.54, 1.807) is 23.5 Å². The van der Waals surface area contributed by atoms with Gasteiger partial charge in [-0.3, -0.25) is 19.9 Å². The van der Waals surface area contributed by atoms with Crippen molar-refractivity contribution >= 4 is 5.91 Å². The first-order valence-electron chi connectivity index (χ1n) is 8.35. The molecule has 1 saturated heterocycles. The third-order valence-corrected chi connectivity index (χ3v) is 4.30. The first-order valence-corrected chi connectivity index (χ1v) is 8.35. The molecule has 1 atom stereocenters.